The van der Waals surface area contributed by atoms with Crippen LogP contribution < -0.4 is 4.74 Å². The van der Waals surface area contributed by atoms with E-state index in [1.165, 1.54) is 25.8 Å². The van der Waals surface area contributed by atoms with Crippen LogP contribution in [0.3, 0.4) is 0 Å². The normalized spacial score (nSPS) is 32.0. The summed E-state index contributed by atoms with van der Waals surface area (Å²) in [7, 11) is 1.65. The average Bonchev–Trinajstić information content (AvgIpc) is 2.93. The molecule has 6 rings (SSSR count). The van der Waals surface area contributed by atoms with Gasteiger partial charge in [0.25, 0.3) is 0 Å². The summed E-state index contributed by atoms with van der Waals surface area (Å²) in [6.45, 7) is 4.33. The van der Waals surface area contributed by atoms with Crippen LogP contribution in [0.2, 0.25) is 5.02 Å². The number of halogens is 1. The summed E-state index contributed by atoms with van der Waals surface area (Å²) in [4.78, 5) is 48.1. The van der Waals surface area contributed by atoms with Crippen LogP contribution in [0.15, 0.2) is 23.8 Å². The molecule has 0 aromatic heterocycles. The number of rotatable bonds is 9. The van der Waals surface area contributed by atoms with Crippen molar-refractivity contribution in [1.82, 2.24) is 0 Å². The minimum atomic E-state index is -1.40. The Morgan fingerprint density at radius 1 is 0.795 bits per heavy atom. The maximum atomic E-state index is 12.2. The molecule has 0 N–H and O–H groups in total. The van der Waals surface area contributed by atoms with Crippen molar-refractivity contribution >= 4 is 41.2 Å². The van der Waals surface area contributed by atoms with Crippen molar-refractivity contribution in [2.24, 2.45) is 23.7 Å². The number of esters is 4. The second kappa shape index (κ2) is 13.4. The first-order valence-corrected chi connectivity index (χ1v) is 15.4. The van der Waals surface area contributed by atoms with Gasteiger partial charge in [0.2, 0.25) is 12.4 Å². The van der Waals surface area contributed by atoms with E-state index < -0.39 is 54.6 Å². The van der Waals surface area contributed by atoms with Crippen molar-refractivity contribution in [1.29, 1.82) is 0 Å². The summed E-state index contributed by atoms with van der Waals surface area (Å²) < 4.78 is 40.0. The van der Waals surface area contributed by atoms with Gasteiger partial charge in [-0.05, 0) is 73.5 Å². The van der Waals surface area contributed by atoms with Gasteiger partial charge in [-0.25, -0.2) is 0 Å². The van der Waals surface area contributed by atoms with Gasteiger partial charge in [-0.3, -0.25) is 19.2 Å². The van der Waals surface area contributed by atoms with Crippen molar-refractivity contribution in [2.45, 2.75) is 90.5 Å². The monoisotopic (exact) mass is 634 g/mol. The van der Waals surface area contributed by atoms with Gasteiger partial charge in [0.05, 0.1) is 12.1 Å². The Kier molecular flexibility index (Phi) is 9.74. The Morgan fingerprint density at radius 2 is 1.36 bits per heavy atom. The molecule has 0 radical (unpaired) electrons. The predicted molar refractivity (Wildman–Crippen MR) is 155 cm³/mol. The van der Waals surface area contributed by atoms with Crippen LogP contribution in [0.4, 0.5) is 0 Å². The second-order valence-corrected chi connectivity index (χ2v) is 12.5. The standard InChI is InChI=1S/C32H39ClO11/c1-15(34)39-14-25-29(40-16(2)35)30(41-17(3)36)31(42-18(4)37)32(44-25)43-24-8-6-7-23(27(24)33)28(38-5)26-21-10-19-9-20(12-21)13-22(26)11-19/h6-8,19-22,25,29-32H,9-14H2,1-5H3. The summed E-state index contributed by atoms with van der Waals surface area (Å²) in [6.07, 6.45) is -0.599. The van der Waals surface area contributed by atoms with E-state index in [1.807, 2.05) is 6.07 Å². The predicted octanol–water partition coefficient (Wildman–Crippen LogP) is 4.62. The van der Waals surface area contributed by atoms with Gasteiger partial charge < -0.3 is 33.2 Å². The van der Waals surface area contributed by atoms with Crippen molar-refractivity contribution < 1.29 is 52.3 Å². The molecule has 1 heterocycles. The molecule has 1 saturated heterocycles. The maximum Gasteiger partial charge on any atom is 0.303 e. The summed E-state index contributed by atoms with van der Waals surface area (Å²) in [5.74, 6) is 0.618. The smallest absolute Gasteiger partial charge is 0.303 e. The molecule has 1 aliphatic heterocycles. The van der Waals surface area contributed by atoms with Crippen LogP contribution in [0.1, 0.15) is 65.4 Å². The number of ether oxygens (including phenoxy) is 7. The van der Waals surface area contributed by atoms with Gasteiger partial charge in [-0.1, -0.05) is 17.7 Å². The molecule has 5 atom stereocenters. The molecule has 1 aromatic carbocycles. The summed E-state index contributed by atoms with van der Waals surface area (Å²) in [6, 6.07) is 5.28. The van der Waals surface area contributed by atoms with Crippen molar-refractivity contribution in [3.05, 3.63) is 34.4 Å². The molecule has 11 nitrogen and oxygen atoms in total. The largest absolute Gasteiger partial charge is 0.496 e. The van der Waals surface area contributed by atoms with E-state index in [1.54, 1.807) is 19.2 Å². The molecular weight excluding hydrogens is 596 g/mol. The third kappa shape index (κ3) is 6.83. The number of benzene rings is 1. The first-order chi connectivity index (χ1) is 20.9. The zero-order chi connectivity index (χ0) is 31.7. The Morgan fingerprint density at radius 3 is 1.91 bits per heavy atom. The van der Waals surface area contributed by atoms with Crippen LogP contribution >= 0.6 is 11.6 Å². The molecule has 5 fully saturated rings. The van der Waals surface area contributed by atoms with E-state index in [2.05, 4.69) is 0 Å². The quantitative estimate of drug-likeness (QED) is 0.214. The first-order valence-electron chi connectivity index (χ1n) is 15.0. The molecule has 4 saturated carbocycles. The Hall–Kier alpha value is -3.31. The Labute approximate surface area is 261 Å². The number of carbonyl (C=O) groups excluding carboxylic acids is 4. The molecule has 0 amide bonds. The van der Waals surface area contributed by atoms with E-state index in [0.717, 1.165) is 57.1 Å². The van der Waals surface area contributed by atoms with E-state index in [9.17, 15) is 19.2 Å². The zero-order valence-electron chi connectivity index (χ0n) is 25.5. The molecule has 1 aromatic rings. The van der Waals surface area contributed by atoms with Crippen LogP contribution in [0.25, 0.3) is 5.76 Å². The molecular formula is C32H39ClO11. The lowest BCUT2D eigenvalue weighted by molar-refractivity contribution is -0.288. The number of methoxy groups -OCH3 is 1. The molecule has 240 valence electrons. The van der Waals surface area contributed by atoms with Crippen molar-refractivity contribution in [3.63, 3.8) is 0 Å². The highest BCUT2D eigenvalue weighted by Crippen LogP contribution is 2.58. The minimum Gasteiger partial charge on any atom is -0.496 e. The molecule has 12 heteroatoms. The lowest BCUT2D eigenvalue weighted by atomic mass is 9.54. The fourth-order valence-electron chi connectivity index (χ4n) is 7.63. The molecule has 5 unspecified atom stereocenters. The summed E-state index contributed by atoms with van der Waals surface area (Å²) in [5, 5.41) is 0.263. The van der Waals surface area contributed by atoms with Gasteiger partial charge >= 0.3 is 23.9 Å². The lowest BCUT2D eigenvalue weighted by Crippen LogP contribution is -2.63. The number of carbonyl (C=O) groups is 4. The molecule has 44 heavy (non-hydrogen) atoms. The van der Waals surface area contributed by atoms with Gasteiger partial charge in [-0.15, -0.1) is 0 Å². The van der Waals surface area contributed by atoms with Gasteiger partial charge in [0.1, 0.15) is 24.2 Å². The number of hydrogen-bond donors (Lipinski definition) is 0. The summed E-state index contributed by atoms with van der Waals surface area (Å²) >= 11 is 7.00. The van der Waals surface area contributed by atoms with E-state index in [4.69, 9.17) is 44.8 Å². The molecule has 4 aliphatic carbocycles. The molecule has 5 aliphatic rings. The SMILES string of the molecule is COC(=C1C2CC3CC(C2)CC1C3)c1cccc(OC2OC(COC(C)=O)C(OC(C)=O)C(OC(C)=O)C2OC(C)=O)c1Cl. The second-order valence-electron chi connectivity index (χ2n) is 12.1. The topological polar surface area (TPSA) is 133 Å². The Balaban J connectivity index is 1.50. The highest BCUT2D eigenvalue weighted by Gasteiger charge is 2.53. The van der Waals surface area contributed by atoms with Gasteiger partial charge in [0, 0.05) is 33.3 Å². The van der Waals surface area contributed by atoms with Crippen LogP contribution in [-0.2, 0) is 47.6 Å². The molecule has 0 spiro atoms. The van der Waals surface area contributed by atoms with Gasteiger partial charge in [0.15, 0.2) is 12.2 Å². The van der Waals surface area contributed by atoms with E-state index in [-0.39, 0.29) is 17.4 Å². The minimum absolute atomic E-state index is 0.198. The fraction of sp³-hybridized carbons (Fsp3) is 0.625. The van der Waals surface area contributed by atoms with E-state index in [0.29, 0.717) is 17.4 Å². The Bertz CT molecular complexity index is 1290. The lowest BCUT2D eigenvalue weighted by Gasteiger charge is -2.51. The number of allylic oxidation sites excluding steroid dienone is 1. The zero-order valence-corrected chi connectivity index (χ0v) is 26.3. The maximum absolute atomic E-state index is 12.2. The first kappa shape index (κ1) is 32.1. The van der Waals surface area contributed by atoms with Crippen LogP contribution in [0.5, 0.6) is 5.75 Å². The third-order valence-electron chi connectivity index (χ3n) is 8.88. The van der Waals surface area contributed by atoms with Gasteiger partial charge in [-0.2, -0.15) is 0 Å². The molecule has 4 bridgehead atoms. The number of hydrogen-bond acceptors (Lipinski definition) is 11. The average molecular weight is 635 g/mol. The third-order valence-corrected chi connectivity index (χ3v) is 9.27. The van der Waals surface area contributed by atoms with Crippen molar-refractivity contribution in [2.75, 3.05) is 13.7 Å². The van der Waals surface area contributed by atoms with E-state index >= 15 is 0 Å². The summed E-state index contributed by atoms with van der Waals surface area (Å²) in [5.41, 5.74) is 1.98. The highest BCUT2D eigenvalue weighted by atomic mass is 35.5. The fourth-order valence-corrected chi connectivity index (χ4v) is 7.89. The van der Waals surface area contributed by atoms with Crippen LogP contribution in [0, 0.1) is 23.7 Å². The van der Waals surface area contributed by atoms with Crippen molar-refractivity contribution in [3.8, 4) is 5.75 Å². The highest BCUT2D eigenvalue weighted by molar-refractivity contribution is 6.33. The van der Waals surface area contributed by atoms with Crippen LogP contribution in [-0.4, -0.2) is 68.3 Å².